The van der Waals surface area contributed by atoms with Crippen LogP contribution in [0.2, 0.25) is 0 Å². The molecule has 2 atom stereocenters. The van der Waals surface area contributed by atoms with E-state index in [1.165, 1.54) is 37.5 Å². The standard InChI is InChI=1S/C19H24N2O5/c1-13-8-9-15(11-17(13)21(24)25)19(23)26-12-18(22)20-10-4-6-14-5-2-3-7-16(14)20/h8-9,11,14,16H,2-7,10,12H2,1H3/t14-,16+/m0/s1. The average Bonchev–Trinajstić information content (AvgIpc) is 2.65. The molecule has 1 amide bonds. The van der Waals surface area contributed by atoms with Crippen LogP contribution in [0.4, 0.5) is 5.69 Å². The Labute approximate surface area is 152 Å². The molecule has 0 aromatic heterocycles. The van der Waals surface area contributed by atoms with E-state index in [9.17, 15) is 19.7 Å². The molecule has 7 heteroatoms. The number of benzene rings is 1. The SMILES string of the molecule is Cc1ccc(C(=O)OCC(=O)N2CCC[C@@H]3CCCC[C@H]32)cc1[N+](=O)[O-]. The third kappa shape index (κ3) is 3.86. The van der Waals surface area contributed by atoms with E-state index in [0.29, 0.717) is 18.0 Å². The van der Waals surface area contributed by atoms with Gasteiger partial charge in [-0.15, -0.1) is 0 Å². The molecule has 0 unspecified atom stereocenters. The van der Waals surface area contributed by atoms with Gasteiger partial charge in [0.2, 0.25) is 0 Å². The van der Waals surface area contributed by atoms with E-state index in [2.05, 4.69) is 0 Å². The van der Waals surface area contributed by atoms with Gasteiger partial charge >= 0.3 is 5.97 Å². The highest BCUT2D eigenvalue weighted by atomic mass is 16.6. The van der Waals surface area contributed by atoms with Crippen LogP contribution in [0.5, 0.6) is 0 Å². The van der Waals surface area contributed by atoms with Crippen molar-refractivity contribution in [3.8, 4) is 0 Å². The number of fused-ring (bicyclic) bond motifs is 1. The molecule has 7 nitrogen and oxygen atoms in total. The minimum absolute atomic E-state index is 0.0873. The molecule has 0 radical (unpaired) electrons. The molecule has 26 heavy (non-hydrogen) atoms. The monoisotopic (exact) mass is 360 g/mol. The number of ether oxygens (including phenoxy) is 1. The van der Waals surface area contributed by atoms with Crippen molar-refractivity contribution in [2.75, 3.05) is 13.2 Å². The molecule has 1 aromatic carbocycles. The van der Waals surface area contributed by atoms with Gasteiger partial charge < -0.3 is 9.64 Å². The van der Waals surface area contributed by atoms with E-state index in [1.54, 1.807) is 6.92 Å². The summed E-state index contributed by atoms with van der Waals surface area (Å²) in [6.07, 6.45) is 6.71. The number of carbonyl (C=O) groups is 2. The Bertz CT molecular complexity index is 716. The first kappa shape index (κ1) is 18.4. The fourth-order valence-corrected chi connectivity index (χ4v) is 4.16. The molecule has 0 bridgehead atoms. The van der Waals surface area contributed by atoms with Crippen LogP contribution in [0.1, 0.15) is 54.4 Å². The summed E-state index contributed by atoms with van der Waals surface area (Å²) in [7, 11) is 0. The van der Waals surface area contributed by atoms with Crippen LogP contribution in [0.15, 0.2) is 18.2 Å². The fourth-order valence-electron chi connectivity index (χ4n) is 4.16. The van der Waals surface area contributed by atoms with Crippen molar-refractivity contribution in [2.45, 2.75) is 51.5 Å². The number of carbonyl (C=O) groups excluding carboxylic acids is 2. The number of nitro benzene ring substituents is 1. The zero-order valence-electron chi connectivity index (χ0n) is 15.0. The minimum atomic E-state index is -0.710. The summed E-state index contributed by atoms with van der Waals surface area (Å²) in [5, 5.41) is 11.0. The number of hydrogen-bond donors (Lipinski definition) is 0. The van der Waals surface area contributed by atoms with Crippen LogP contribution in [0.25, 0.3) is 0 Å². The lowest BCUT2D eigenvalue weighted by Gasteiger charge is -2.44. The van der Waals surface area contributed by atoms with Crippen LogP contribution in [0, 0.1) is 23.0 Å². The Morgan fingerprint density at radius 3 is 2.73 bits per heavy atom. The lowest BCUT2D eigenvalue weighted by atomic mass is 9.78. The molecule has 1 aromatic rings. The number of likely N-dealkylation sites (tertiary alicyclic amines) is 1. The number of piperidine rings is 1. The molecule has 140 valence electrons. The zero-order valence-corrected chi connectivity index (χ0v) is 15.0. The van der Waals surface area contributed by atoms with Crippen LogP contribution < -0.4 is 0 Å². The summed E-state index contributed by atoms with van der Waals surface area (Å²) in [5.74, 6) is -0.313. The van der Waals surface area contributed by atoms with Gasteiger partial charge in [-0.2, -0.15) is 0 Å². The van der Waals surface area contributed by atoms with Crippen LogP contribution in [-0.2, 0) is 9.53 Å². The van der Waals surface area contributed by atoms with Crippen LogP contribution >= 0.6 is 0 Å². The third-order valence-electron chi connectivity index (χ3n) is 5.53. The van der Waals surface area contributed by atoms with E-state index >= 15 is 0 Å². The van der Waals surface area contributed by atoms with Crippen molar-refractivity contribution in [2.24, 2.45) is 5.92 Å². The third-order valence-corrected chi connectivity index (χ3v) is 5.53. The highest BCUT2D eigenvalue weighted by molar-refractivity contribution is 5.92. The van der Waals surface area contributed by atoms with Crippen molar-refractivity contribution in [1.82, 2.24) is 4.90 Å². The predicted octanol–water partition coefficient (Wildman–Crippen LogP) is 3.24. The van der Waals surface area contributed by atoms with Crippen LogP contribution in [0.3, 0.4) is 0 Å². The highest BCUT2D eigenvalue weighted by Crippen LogP contribution is 2.35. The number of esters is 1. The smallest absolute Gasteiger partial charge is 0.338 e. The minimum Gasteiger partial charge on any atom is -0.452 e. The summed E-state index contributed by atoms with van der Waals surface area (Å²) in [4.78, 5) is 37.1. The fraction of sp³-hybridized carbons (Fsp3) is 0.579. The summed E-state index contributed by atoms with van der Waals surface area (Å²) in [6.45, 7) is 2.00. The highest BCUT2D eigenvalue weighted by Gasteiger charge is 2.35. The van der Waals surface area contributed by atoms with Gasteiger partial charge in [0, 0.05) is 24.2 Å². The Morgan fingerprint density at radius 2 is 1.96 bits per heavy atom. The second kappa shape index (κ2) is 7.85. The molecule has 2 aliphatic rings. The predicted molar refractivity (Wildman–Crippen MR) is 94.8 cm³/mol. The average molecular weight is 360 g/mol. The molecule has 3 rings (SSSR count). The Hall–Kier alpha value is -2.44. The van der Waals surface area contributed by atoms with Crippen molar-refractivity contribution in [1.29, 1.82) is 0 Å². The summed E-state index contributed by atoms with van der Waals surface area (Å²) >= 11 is 0. The molecule has 0 spiro atoms. The van der Waals surface area contributed by atoms with Gasteiger partial charge in [0.1, 0.15) is 0 Å². The Balaban J connectivity index is 1.61. The molecule has 2 fully saturated rings. The van der Waals surface area contributed by atoms with Gasteiger partial charge in [0.15, 0.2) is 6.61 Å². The lowest BCUT2D eigenvalue weighted by molar-refractivity contribution is -0.385. The van der Waals surface area contributed by atoms with Crippen LogP contribution in [-0.4, -0.2) is 40.9 Å². The number of aryl methyl sites for hydroxylation is 1. The Kier molecular flexibility index (Phi) is 5.54. The zero-order chi connectivity index (χ0) is 18.7. The quantitative estimate of drug-likeness (QED) is 0.467. The van der Waals surface area contributed by atoms with E-state index < -0.39 is 10.9 Å². The molecule has 1 heterocycles. The summed E-state index contributed by atoms with van der Waals surface area (Å²) in [5.41, 5.74) is 0.426. The van der Waals surface area contributed by atoms with Gasteiger partial charge in [-0.05, 0) is 44.6 Å². The Morgan fingerprint density at radius 1 is 1.23 bits per heavy atom. The van der Waals surface area contributed by atoms with Gasteiger partial charge in [-0.3, -0.25) is 14.9 Å². The molecular formula is C19H24N2O5. The largest absolute Gasteiger partial charge is 0.452 e. The first-order valence-corrected chi connectivity index (χ1v) is 9.19. The van der Waals surface area contributed by atoms with Gasteiger partial charge in [-0.1, -0.05) is 18.9 Å². The van der Waals surface area contributed by atoms with Crippen molar-refractivity contribution in [3.05, 3.63) is 39.4 Å². The number of amides is 1. The number of nitrogens with zero attached hydrogens (tertiary/aromatic N) is 2. The van der Waals surface area contributed by atoms with Crippen molar-refractivity contribution in [3.63, 3.8) is 0 Å². The van der Waals surface area contributed by atoms with Crippen molar-refractivity contribution < 1.29 is 19.2 Å². The maximum atomic E-state index is 12.6. The number of hydrogen-bond acceptors (Lipinski definition) is 5. The topological polar surface area (TPSA) is 89.8 Å². The van der Waals surface area contributed by atoms with Gasteiger partial charge in [-0.25, -0.2) is 4.79 Å². The second-order valence-electron chi connectivity index (χ2n) is 7.18. The summed E-state index contributed by atoms with van der Waals surface area (Å²) < 4.78 is 5.14. The molecule has 0 N–H and O–H groups in total. The van der Waals surface area contributed by atoms with E-state index in [0.717, 1.165) is 19.3 Å². The van der Waals surface area contributed by atoms with E-state index in [4.69, 9.17) is 4.74 Å². The van der Waals surface area contributed by atoms with Gasteiger partial charge in [0.05, 0.1) is 10.5 Å². The van der Waals surface area contributed by atoms with Crippen molar-refractivity contribution >= 4 is 17.6 Å². The number of nitro groups is 1. The number of rotatable bonds is 4. The first-order chi connectivity index (χ1) is 12.5. The molecule has 1 aliphatic carbocycles. The van der Waals surface area contributed by atoms with Gasteiger partial charge in [0.25, 0.3) is 11.6 Å². The first-order valence-electron chi connectivity index (χ1n) is 9.19. The summed E-state index contributed by atoms with van der Waals surface area (Å²) in [6, 6.07) is 4.45. The van der Waals surface area contributed by atoms with E-state index in [-0.39, 0.29) is 29.8 Å². The normalized spacial score (nSPS) is 22.4. The lowest BCUT2D eigenvalue weighted by Crippen LogP contribution is -2.50. The maximum Gasteiger partial charge on any atom is 0.338 e. The molecule has 1 saturated heterocycles. The maximum absolute atomic E-state index is 12.6. The van der Waals surface area contributed by atoms with E-state index in [1.807, 2.05) is 4.90 Å². The molecular weight excluding hydrogens is 336 g/mol. The molecule has 1 aliphatic heterocycles. The molecule has 1 saturated carbocycles. The second-order valence-corrected chi connectivity index (χ2v) is 7.18.